The van der Waals surface area contributed by atoms with Gasteiger partial charge in [0, 0.05) is 0 Å². The SMILES string of the molecule is CC(C#CO)[P+](=O)CC(O)CO. The minimum atomic E-state index is -1.69. The van der Waals surface area contributed by atoms with Crippen LogP contribution in [0.5, 0.6) is 0 Å². The summed E-state index contributed by atoms with van der Waals surface area (Å²) >= 11 is 0. The third-order valence-corrected chi connectivity index (χ3v) is 3.08. The van der Waals surface area contributed by atoms with Crippen molar-refractivity contribution in [3.8, 4) is 12.0 Å². The van der Waals surface area contributed by atoms with Crippen molar-refractivity contribution in [1.29, 1.82) is 0 Å². The Labute approximate surface area is 72.0 Å². The lowest BCUT2D eigenvalue weighted by molar-refractivity contribution is 0.112. The molecule has 5 heteroatoms. The third-order valence-electron chi connectivity index (χ3n) is 1.31. The van der Waals surface area contributed by atoms with Gasteiger partial charge < -0.3 is 15.3 Å². The van der Waals surface area contributed by atoms with Gasteiger partial charge in [-0.2, -0.15) is 0 Å². The minimum Gasteiger partial charge on any atom is -0.462 e. The molecular formula is C7H12O4P+. The standard InChI is InChI=1S/C7H11O4P/c1-6(2-3-8)12(11)5-7(10)4-9/h6-7,9-10H,4-5H2,1H3/p+1. The first-order chi connectivity index (χ1) is 5.61. The van der Waals surface area contributed by atoms with Crippen LogP contribution in [-0.4, -0.2) is 39.9 Å². The Bertz CT molecular complexity index is 205. The zero-order valence-corrected chi connectivity index (χ0v) is 7.66. The first kappa shape index (κ1) is 11.4. The maximum Gasteiger partial charge on any atom is 0.357 e. The lowest BCUT2D eigenvalue weighted by Crippen LogP contribution is -2.16. The van der Waals surface area contributed by atoms with Crippen LogP contribution in [0.1, 0.15) is 6.92 Å². The molecule has 0 aliphatic heterocycles. The number of hydrogen-bond acceptors (Lipinski definition) is 4. The van der Waals surface area contributed by atoms with E-state index in [1.807, 2.05) is 0 Å². The van der Waals surface area contributed by atoms with E-state index >= 15 is 0 Å². The van der Waals surface area contributed by atoms with Crippen molar-refractivity contribution in [2.45, 2.75) is 18.7 Å². The molecule has 0 rings (SSSR count). The summed E-state index contributed by atoms with van der Waals surface area (Å²) in [7, 11) is -1.69. The van der Waals surface area contributed by atoms with Gasteiger partial charge in [-0.15, -0.1) is 0 Å². The highest BCUT2D eigenvalue weighted by molar-refractivity contribution is 7.45. The molecule has 4 nitrogen and oxygen atoms in total. The van der Waals surface area contributed by atoms with Crippen molar-refractivity contribution < 1.29 is 19.9 Å². The summed E-state index contributed by atoms with van der Waals surface area (Å²) in [5.41, 5.74) is -0.453. The summed E-state index contributed by atoms with van der Waals surface area (Å²) in [6.07, 6.45) is 0.716. The molecule has 68 valence electrons. The molecule has 0 aliphatic rings. The molecule has 0 saturated heterocycles. The largest absolute Gasteiger partial charge is 0.462 e. The van der Waals surface area contributed by atoms with Gasteiger partial charge in [0.25, 0.3) is 0 Å². The second-order valence-corrected chi connectivity index (χ2v) is 4.34. The molecule has 0 fully saturated rings. The van der Waals surface area contributed by atoms with E-state index in [9.17, 15) is 4.57 Å². The highest BCUT2D eigenvalue weighted by Crippen LogP contribution is 2.27. The molecule has 0 radical (unpaired) electrons. The molecule has 0 spiro atoms. The molecule has 0 saturated carbocycles. The number of hydrogen-bond donors (Lipinski definition) is 3. The van der Waals surface area contributed by atoms with E-state index in [2.05, 4.69) is 5.92 Å². The fourth-order valence-electron chi connectivity index (χ4n) is 0.589. The van der Waals surface area contributed by atoms with E-state index in [4.69, 9.17) is 15.3 Å². The predicted molar refractivity (Wildman–Crippen MR) is 44.7 cm³/mol. The number of rotatable bonds is 4. The monoisotopic (exact) mass is 191 g/mol. The molecule has 0 aliphatic carbocycles. The van der Waals surface area contributed by atoms with E-state index in [0.717, 1.165) is 0 Å². The van der Waals surface area contributed by atoms with Crippen LogP contribution in [0.25, 0.3) is 0 Å². The molecule has 0 bridgehead atoms. The Morgan fingerprint density at radius 1 is 1.58 bits per heavy atom. The molecule has 3 atom stereocenters. The lowest BCUT2D eigenvalue weighted by Gasteiger charge is -1.98. The van der Waals surface area contributed by atoms with Crippen LogP contribution in [0.4, 0.5) is 0 Å². The highest BCUT2D eigenvalue weighted by Gasteiger charge is 2.26. The topological polar surface area (TPSA) is 77.8 Å². The molecule has 3 N–H and O–H groups in total. The van der Waals surface area contributed by atoms with Crippen LogP contribution in [-0.2, 0) is 4.57 Å². The fraction of sp³-hybridized carbons (Fsp3) is 0.714. The van der Waals surface area contributed by atoms with E-state index in [0.29, 0.717) is 0 Å². The Hall–Kier alpha value is -0.620. The van der Waals surface area contributed by atoms with Gasteiger partial charge in [0.1, 0.15) is 12.2 Å². The first-order valence-corrected chi connectivity index (χ1v) is 5.00. The van der Waals surface area contributed by atoms with Crippen LogP contribution in [0.2, 0.25) is 0 Å². The molecule has 0 aromatic rings. The van der Waals surface area contributed by atoms with Crippen molar-refractivity contribution in [2.75, 3.05) is 12.8 Å². The summed E-state index contributed by atoms with van der Waals surface area (Å²) in [6, 6.07) is 0. The quantitative estimate of drug-likeness (QED) is 0.428. The first-order valence-electron chi connectivity index (χ1n) is 3.49. The Morgan fingerprint density at radius 3 is 2.58 bits per heavy atom. The molecule has 12 heavy (non-hydrogen) atoms. The van der Waals surface area contributed by atoms with Crippen molar-refractivity contribution in [1.82, 2.24) is 0 Å². The second-order valence-electron chi connectivity index (χ2n) is 2.37. The van der Waals surface area contributed by atoms with E-state index in [-0.39, 0.29) is 6.16 Å². The van der Waals surface area contributed by atoms with Gasteiger partial charge in [-0.25, -0.2) is 0 Å². The second kappa shape index (κ2) is 5.96. The van der Waals surface area contributed by atoms with Crippen LogP contribution in [0.3, 0.4) is 0 Å². The summed E-state index contributed by atoms with van der Waals surface area (Å²) in [5, 5.41) is 25.5. The molecular weight excluding hydrogens is 179 g/mol. The minimum absolute atomic E-state index is 0.0156. The van der Waals surface area contributed by atoms with Gasteiger partial charge in [-0.05, 0) is 12.8 Å². The normalized spacial score (nSPS) is 15.8. The highest BCUT2D eigenvalue weighted by atomic mass is 31.1. The number of aliphatic hydroxyl groups is 3. The van der Waals surface area contributed by atoms with Gasteiger partial charge in [0.15, 0.2) is 6.16 Å². The third kappa shape index (κ3) is 4.30. The lowest BCUT2D eigenvalue weighted by atomic mass is 10.4. The van der Waals surface area contributed by atoms with Crippen molar-refractivity contribution in [3.63, 3.8) is 0 Å². The summed E-state index contributed by atoms with van der Waals surface area (Å²) in [6.45, 7) is 1.19. The zero-order chi connectivity index (χ0) is 9.56. The Morgan fingerprint density at radius 2 is 2.17 bits per heavy atom. The Kier molecular flexibility index (Phi) is 5.65. The van der Waals surface area contributed by atoms with Crippen LogP contribution >= 0.6 is 7.80 Å². The van der Waals surface area contributed by atoms with Gasteiger partial charge in [-0.3, -0.25) is 0 Å². The molecule has 0 aromatic carbocycles. The van der Waals surface area contributed by atoms with Gasteiger partial charge in [0.05, 0.1) is 6.61 Å². The van der Waals surface area contributed by atoms with Gasteiger partial charge in [-0.1, -0.05) is 4.57 Å². The molecule has 0 amide bonds. The van der Waals surface area contributed by atoms with Crippen molar-refractivity contribution in [2.24, 2.45) is 0 Å². The van der Waals surface area contributed by atoms with Crippen molar-refractivity contribution in [3.05, 3.63) is 0 Å². The van der Waals surface area contributed by atoms with Crippen LogP contribution in [0, 0.1) is 12.0 Å². The maximum atomic E-state index is 11.2. The van der Waals surface area contributed by atoms with E-state index in [1.165, 1.54) is 0 Å². The Balaban J connectivity index is 3.92. The summed E-state index contributed by atoms with van der Waals surface area (Å²) in [4.78, 5) is 0. The van der Waals surface area contributed by atoms with Crippen molar-refractivity contribution >= 4 is 7.80 Å². The van der Waals surface area contributed by atoms with Crippen LogP contribution in [0.15, 0.2) is 0 Å². The maximum absolute atomic E-state index is 11.2. The molecule has 0 aromatic heterocycles. The van der Waals surface area contributed by atoms with Gasteiger partial charge in [0.2, 0.25) is 5.66 Å². The summed E-state index contributed by atoms with van der Waals surface area (Å²) < 4.78 is 11.2. The zero-order valence-electron chi connectivity index (χ0n) is 6.77. The van der Waals surface area contributed by atoms with E-state index in [1.54, 1.807) is 13.0 Å². The fourth-order valence-corrected chi connectivity index (χ4v) is 1.64. The smallest absolute Gasteiger partial charge is 0.357 e. The van der Waals surface area contributed by atoms with Gasteiger partial charge >= 0.3 is 7.80 Å². The molecule has 3 unspecified atom stereocenters. The average Bonchev–Trinajstić information content (AvgIpc) is 2.04. The summed E-state index contributed by atoms with van der Waals surface area (Å²) in [5.74, 6) is 2.30. The van der Waals surface area contributed by atoms with E-state index < -0.39 is 26.2 Å². The number of aliphatic hydroxyl groups excluding tert-OH is 3. The average molecular weight is 191 g/mol. The molecule has 0 heterocycles. The predicted octanol–water partition coefficient (Wildman–Crippen LogP) is -0.111. The van der Waals surface area contributed by atoms with Crippen LogP contribution < -0.4 is 0 Å².